The molecule has 3 aromatic carbocycles. The van der Waals surface area contributed by atoms with E-state index in [4.69, 9.17) is 0 Å². The Morgan fingerprint density at radius 1 is 0.815 bits per heavy atom. The second-order valence-corrected chi connectivity index (χ2v) is 6.17. The van der Waals surface area contributed by atoms with Crippen LogP contribution in [-0.4, -0.2) is 22.1 Å². The van der Waals surface area contributed by atoms with Crippen molar-refractivity contribution in [2.24, 2.45) is 0 Å². The maximum atomic E-state index is 12.4. The van der Waals surface area contributed by atoms with Gasteiger partial charge in [-0.2, -0.15) is 0 Å². The van der Waals surface area contributed by atoms with Crippen molar-refractivity contribution in [2.75, 3.05) is 5.32 Å². The molecule has 0 heterocycles. The third-order valence-electron chi connectivity index (χ3n) is 4.24. The van der Waals surface area contributed by atoms with Gasteiger partial charge < -0.3 is 15.5 Å². The number of amides is 1. The van der Waals surface area contributed by atoms with Gasteiger partial charge in [0.2, 0.25) is 0 Å². The van der Waals surface area contributed by atoms with Crippen molar-refractivity contribution in [1.29, 1.82) is 0 Å². The fourth-order valence-electron chi connectivity index (χ4n) is 2.78. The molecule has 27 heavy (non-hydrogen) atoms. The number of carbonyl (C=O) groups excluding carboxylic acids is 1. The van der Waals surface area contributed by atoms with Gasteiger partial charge in [0.1, 0.15) is 5.75 Å². The average molecular weight is 361 g/mol. The number of aromatic hydroxyl groups is 1. The zero-order valence-corrected chi connectivity index (χ0v) is 14.6. The molecule has 0 aliphatic carbocycles. The van der Waals surface area contributed by atoms with Crippen LogP contribution < -0.4 is 5.32 Å². The number of hydrogen-bond donors (Lipinski definition) is 3. The number of aryl methyl sites for hydroxylation is 2. The number of benzene rings is 3. The summed E-state index contributed by atoms with van der Waals surface area (Å²) in [5.41, 5.74) is 2.75. The van der Waals surface area contributed by atoms with Gasteiger partial charge in [-0.3, -0.25) is 4.79 Å². The molecular formula is C22H19NO4. The van der Waals surface area contributed by atoms with Gasteiger partial charge >= 0.3 is 5.97 Å². The Hall–Kier alpha value is -3.60. The standard InChI is InChI=1S/C22H19NO4/c24-18-11-9-17(10-12-18)21(25)23-20-14-16(8-13-19(20)22(26)27)7-6-15-4-2-1-3-5-15/h1-5,8-14,24H,6-7H2,(H,23,25)(H,26,27). The number of phenolic OH excluding ortho intramolecular Hbond substituents is 1. The van der Waals surface area contributed by atoms with Gasteiger partial charge in [0, 0.05) is 5.56 Å². The van der Waals surface area contributed by atoms with E-state index in [1.807, 2.05) is 30.3 Å². The van der Waals surface area contributed by atoms with E-state index in [0.29, 0.717) is 5.56 Å². The molecule has 0 radical (unpaired) electrons. The molecule has 0 unspecified atom stereocenters. The maximum Gasteiger partial charge on any atom is 0.337 e. The predicted octanol–water partition coefficient (Wildman–Crippen LogP) is 4.13. The number of hydrogen-bond acceptors (Lipinski definition) is 3. The second kappa shape index (κ2) is 8.19. The molecule has 5 heteroatoms. The Morgan fingerprint density at radius 2 is 1.48 bits per heavy atom. The van der Waals surface area contributed by atoms with E-state index < -0.39 is 11.9 Å². The predicted molar refractivity (Wildman–Crippen MR) is 103 cm³/mol. The molecule has 1 amide bonds. The molecule has 3 aromatic rings. The van der Waals surface area contributed by atoms with Crippen molar-refractivity contribution in [2.45, 2.75) is 12.8 Å². The summed E-state index contributed by atoms with van der Waals surface area (Å²) in [6, 6.07) is 20.7. The third kappa shape index (κ3) is 4.73. The first kappa shape index (κ1) is 18.2. The second-order valence-electron chi connectivity index (χ2n) is 6.17. The van der Waals surface area contributed by atoms with Crippen molar-refractivity contribution in [3.8, 4) is 5.75 Å². The van der Waals surface area contributed by atoms with Gasteiger partial charge in [-0.05, 0) is 60.4 Å². The number of rotatable bonds is 6. The Morgan fingerprint density at radius 3 is 2.15 bits per heavy atom. The lowest BCUT2D eigenvalue weighted by Crippen LogP contribution is -2.15. The Bertz CT molecular complexity index is 950. The van der Waals surface area contributed by atoms with Crippen molar-refractivity contribution < 1.29 is 19.8 Å². The number of carboxylic acids is 1. The molecular weight excluding hydrogens is 342 g/mol. The number of carboxylic acid groups (broad SMARTS) is 1. The molecule has 3 rings (SSSR count). The molecule has 0 aliphatic rings. The van der Waals surface area contributed by atoms with Crippen LogP contribution in [0.4, 0.5) is 5.69 Å². The van der Waals surface area contributed by atoms with E-state index >= 15 is 0 Å². The molecule has 0 aromatic heterocycles. The topological polar surface area (TPSA) is 86.6 Å². The lowest BCUT2D eigenvalue weighted by Gasteiger charge is -2.11. The van der Waals surface area contributed by atoms with Gasteiger partial charge in [-0.1, -0.05) is 36.4 Å². The van der Waals surface area contributed by atoms with Crippen LogP contribution >= 0.6 is 0 Å². The Labute approximate surface area is 156 Å². The molecule has 0 saturated carbocycles. The number of carbonyl (C=O) groups is 2. The van der Waals surface area contributed by atoms with Gasteiger partial charge in [0.05, 0.1) is 11.3 Å². The van der Waals surface area contributed by atoms with Crippen LogP contribution in [0.2, 0.25) is 0 Å². The minimum atomic E-state index is -1.11. The van der Waals surface area contributed by atoms with Crippen molar-refractivity contribution in [3.63, 3.8) is 0 Å². The summed E-state index contributed by atoms with van der Waals surface area (Å²) in [4.78, 5) is 23.9. The highest BCUT2D eigenvalue weighted by molar-refractivity contribution is 6.07. The highest BCUT2D eigenvalue weighted by atomic mass is 16.4. The Balaban J connectivity index is 1.80. The van der Waals surface area contributed by atoms with Crippen LogP contribution in [0.1, 0.15) is 31.8 Å². The first-order valence-electron chi connectivity index (χ1n) is 8.53. The van der Waals surface area contributed by atoms with E-state index in [1.165, 1.54) is 35.9 Å². The van der Waals surface area contributed by atoms with Crippen LogP contribution in [-0.2, 0) is 12.8 Å². The molecule has 0 bridgehead atoms. The molecule has 0 fully saturated rings. The summed E-state index contributed by atoms with van der Waals surface area (Å²) in [6.45, 7) is 0. The molecule has 0 spiro atoms. The summed E-state index contributed by atoms with van der Waals surface area (Å²) in [5, 5.41) is 21.4. The van der Waals surface area contributed by atoms with E-state index in [-0.39, 0.29) is 17.0 Å². The maximum absolute atomic E-state index is 12.4. The average Bonchev–Trinajstić information content (AvgIpc) is 2.67. The fraction of sp³-hybridized carbons (Fsp3) is 0.0909. The van der Waals surface area contributed by atoms with Crippen LogP contribution in [0, 0.1) is 0 Å². The summed E-state index contributed by atoms with van der Waals surface area (Å²) in [5.74, 6) is -1.48. The minimum absolute atomic E-state index is 0.0330. The van der Waals surface area contributed by atoms with Gasteiger partial charge in [0.25, 0.3) is 5.91 Å². The molecule has 5 nitrogen and oxygen atoms in total. The van der Waals surface area contributed by atoms with Crippen molar-refractivity contribution in [1.82, 2.24) is 0 Å². The van der Waals surface area contributed by atoms with Crippen LogP contribution in [0.3, 0.4) is 0 Å². The Kier molecular flexibility index (Phi) is 5.52. The van der Waals surface area contributed by atoms with E-state index in [9.17, 15) is 19.8 Å². The first-order valence-corrected chi connectivity index (χ1v) is 8.53. The summed E-state index contributed by atoms with van der Waals surface area (Å²) in [6.07, 6.45) is 1.55. The molecule has 0 saturated heterocycles. The van der Waals surface area contributed by atoms with Crippen LogP contribution in [0.25, 0.3) is 0 Å². The number of anilines is 1. The first-order chi connectivity index (χ1) is 13.0. The lowest BCUT2D eigenvalue weighted by atomic mass is 10.0. The SMILES string of the molecule is O=C(Nc1cc(CCc2ccccc2)ccc1C(=O)O)c1ccc(O)cc1. The molecule has 3 N–H and O–H groups in total. The zero-order valence-electron chi connectivity index (χ0n) is 14.6. The molecule has 0 atom stereocenters. The summed E-state index contributed by atoms with van der Waals surface area (Å²) >= 11 is 0. The number of phenols is 1. The van der Waals surface area contributed by atoms with E-state index in [1.54, 1.807) is 12.1 Å². The highest BCUT2D eigenvalue weighted by Crippen LogP contribution is 2.21. The smallest absolute Gasteiger partial charge is 0.337 e. The normalized spacial score (nSPS) is 10.4. The monoisotopic (exact) mass is 361 g/mol. The van der Waals surface area contributed by atoms with E-state index in [0.717, 1.165) is 18.4 Å². The zero-order chi connectivity index (χ0) is 19.2. The van der Waals surface area contributed by atoms with Crippen molar-refractivity contribution in [3.05, 3.63) is 95.1 Å². The van der Waals surface area contributed by atoms with E-state index in [2.05, 4.69) is 5.32 Å². The number of aromatic carboxylic acids is 1. The fourth-order valence-corrected chi connectivity index (χ4v) is 2.78. The highest BCUT2D eigenvalue weighted by Gasteiger charge is 2.14. The minimum Gasteiger partial charge on any atom is -0.508 e. The van der Waals surface area contributed by atoms with Crippen molar-refractivity contribution >= 4 is 17.6 Å². The molecule has 0 aliphatic heterocycles. The van der Waals surface area contributed by atoms with Gasteiger partial charge in [-0.15, -0.1) is 0 Å². The number of nitrogens with one attached hydrogen (secondary N) is 1. The summed E-state index contributed by atoms with van der Waals surface area (Å²) < 4.78 is 0. The van der Waals surface area contributed by atoms with Gasteiger partial charge in [0.15, 0.2) is 0 Å². The summed E-state index contributed by atoms with van der Waals surface area (Å²) in [7, 11) is 0. The van der Waals surface area contributed by atoms with Gasteiger partial charge in [-0.25, -0.2) is 4.79 Å². The largest absolute Gasteiger partial charge is 0.508 e. The van der Waals surface area contributed by atoms with Crippen LogP contribution in [0.5, 0.6) is 5.75 Å². The van der Waals surface area contributed by atoms with Crippen LogP contribution in [0.15, 0.2) is 72.8 Å². The third-order valence-corrected chi connectivity index (χ3v) is 4.24. The quantitative estimate of drug-likeness (QED) is 0.616. The lowest BCUT2D eigenvalue weighted by molar-refractivity contribution is 0.0698. The molecule has 136 valence electrons.